The average molecular weight is 424 g/mol. The van der Waals surface area contributed by atoms with E-state index in [1.165, 1.54) is 101 Å². The molecule has 0 saturated heterocycles. The topological polar surface area (TPSA) is 46.6 Å². The first-order chi connectivity index (χ1) is 14.5. The third kappa shape index (κ3) is 20.0. The smallest absolute Gasteiger partial charge is 0.325 e. The molecule has 0 aromatic rings. The molecule has 0 N–H and O–H groups in total. The summed E-state index contributed by atoms with van der Waals surface area (Å²) in [5, 5.41) is 0. The predicted molar refractivity (Wildman–Crippen MR) is 128 cm³/mol. The molecule has 0 aliphatic heterocycles. The Morgan fingerprint density at radius 2 is 1.10 bits per heavy atom. The van der Waals surface area contributed by atoms with E-state index in [1.807, 2.05) is 13.8 Å². The highest BCUT2D eigenvalue weighted by Crippen LogP contribution is 2.13. The third-order valence-corrected chi connectivity index (χ3v) is 5.42. The van der Waals surface area contributed by atoms with Crippen LogP contribution in [0, 0.1) is 0 Å². The molecule has 0 atom stereocenters. The fourth-order valence-corrected chi connectivity index (χ4v) is 3.51. The van der Waals surface area contributed by atoms with Gasteiger partial charge in [0.25, 0.3) is 0 Å². The van der Waals surface area contributed by atoms with Gasteiger partial charge in [-0.3, -0.25) is 9.59 Å². The lowest BCUT2D eigenvalue weighted by molar-refractivity contribution is -0.147. The molecule has 30 heavy (non-hydrogen) atoms. The van der Waals surface area contributed by atoms with Gasteiger partial charge in [-0.15, -0.1) is 0 Å². The average Bonchev–Trinajstić information content (AvgIpc) is 2.69. The summed E-state index contributed by atoms with van der Waals surface area (Å²) < 4.78 is 5.23. The highest BCUT2D eigenvalue weighted by atomic mass is 16.5. The number of carbonyl (C=O) groups is 2. The van der Waals surface area contributed by atoms with Crippen molar-refractivity contribution in [2.75, 3.05) is 20.2 Å². The lowest BCUT2D eigenvalue weighted by Gasteiger charge is -2.14. The summed E-state index contributed by atoms with van der Waals surface area (Å²) in [4.78, 5) is 24.9. The largest absolute Gasteiger partial charge is 0.464 e. The molecule has 0 fully saturated rings. The van der Waals surface area contributed by atoms with E-state index in [0.717, 1.165) is 18.4 Å². The van der Waals surface area contributed by atoms with Crippen LogP contribution in [-0.2, 0) is 14.3 Å². The van der Waals surface area contributed by atoms with E-state index in [1.54, 1.807) is 7.05 Å². The van der Waals surface area contributed by atoms with Crippen LogP contribution in [0.5, 0.6) is 0 Å². The summed E-state index contributed by atoms with van der Waals surface area (Å²) in [6.07, 6.45) is 22.8. The number of carbonyl (C=O) groups excluding carboxylic acids is 2. The second-order valence-electron chi connectivity index (χ2n) is 8.94. The molecule has 4 nitrogen and oxygen atoms in total. The van der Waals surface area contributed by atoms with Gasteiger partial charge in [-0.2, -0.15) is 0 Å². The Balaban J connectivity index is 3.34. The molecule has 0 heterocycles. The van der Waals surface area contributed by atoms with Gasteiger partial charge >= 0.3 is 5.97 Å². The molecule has 0 radical (unpaired) electrons. The Kier molecular flexibility index (Phi) is 20.0. The number of amides is 1. The Hall–Kier alpha value is -1.32. The number of rotatable bonds is 20. The molecule has 0 aliphatic rings. The highest BCUT2D eigenvalue weighted by Gasteiger charge is 2.11. The Labute approximate surface area is 186 Å². The summed E-state index contributed by atoms with van der Waals surface area (Å²) in [7, 11) is 1.62. The van der Waals surface area contributed by atoms with Gasteiger partial charge in [0.05, 0.1) is 6.61 Å². The molecule has 1 amide bonds. The number of unbranched alkanes of at least 4 members (excludes halogenated alkanes) is 15. The van der Waals surface area contributed by atoms with Crippen LogP contribution < -0.4 is 0 Å². The van der Waals surface area contributed by atoms with Crippen LogP contribution in [0.25, 0.3) is 0 Å². The van der Waals surface area contributed by atoms with Crippen molar-refractivity contribution in [3.05, 3.63) is 11.6 Å². The summed E-state index contributed by atoms with van der Waals surface area (Å²) in [6.45, 7) is 6.47. The molecule has 0 bridgehead atoms. The normalized spacial score (nSPS) is 10.7. The van der Waals surface area contributed by atoms with Crippen molar-refractivity contribution in [3.8, 4) is 0 Å². The maximum Gasteiger partial charge on any atom is 0.325 e. The molecule has 176 valence electrons. The molecule has 0 aliphatic carbocycles. The van der Waals surface area contributed by atoms with Gasteiger partial charge in [-0.05, 0) is 20.3 Å². The van der Waals surface area contributed by atoms with Crippen LogP contribution in [0.1, 0.15) is 124 Å². The van der Waals surface area contributed by atoms with Crippen molar-refractivity contribution in [3.63, 3.8) is 0 Å². The van der Waals surface area contributed by atoms with E-state index in [2.05, 4.69) is 6.92 Å². The van der Waals surface area contributed by atoms with Crippen LogP contribution >= 0.6 is 0 Å². The predicted octanol–water partition coefficient (Wildman–Crippen LogP) is 7.22. The standard InChI is InChI=1S/C26H49NO3/c1-5-6-7-8-9-10-11-12-13-14-15-16-17-18-19-20-21-30-26(29)23-27(4)25(28)22-24(2)3/h22H,5-21,23H2,1-4H3. The number of nitrogens with zero attached hydrogens (tertiary/aromatic N) is 1. The molecule has 0 aromatic heterocycles. The Bertz CT molecular complexity index is 455. The summed E-state index contributed by atoms with van der Waals surface area (Å²) in [5.74, 6) is -0.483. The van der Waals surface area contributed by atoms with Crippen LogP contribution in [0.15, 0.2) is 11.6 Å². The number of esters is 1. The quantitative estimate of drug-likeness (QED) is 0.118. The van der Waals surface area contributed by atoms with E-state index in [4.69, 9.17) is 4.74 Å². The summed E-state index contributed by atoms with van der Waals surface area (Å²) in [5.41, 5.74) is 0.924. The van der Waals surface area contributed by atoms with Gasteiger partial charge in [0.15, 0.2) is 0 Å². The van der Waals surface area contributed by atoms with Crippen molar-refractivity contribution in [2.45, 2.75) is 124 Å². The van der Waals surface area contributed by atoms with Gasteiger partial charge in [0.1, 0.15) is 6.54 Å². The van der Waals surface area contributed by atoms with E-state index in [-0.39, 0.29) is 18.4 Å². The summed E-state index contributed by atoms with van der Waals surface area (Å²) >= 11 is 0. The zero-order chi connectivity index (χ0) is 22.5. The number of allylic oxidation sites excluding steroid dienone is 1. The SMILES string of the molecule is CCCCCCCCCCCCCCCCCCOC(=O)CN(C)C(=O)C=C(C)C. The highest BCUT2D eigenvalue weighted by molar-refractivity contribution is 5.90. The minimum atomic E-state index is -0.325. The van der Waals surface area contributed by atoms with Crippen LogP contribution in [0.4, 0.5) is 0 Å². The zero-order valence-electron chi connectivity index (χ0n) is 20.5. The Morgan fingerprint density at radius 1 is 0.700 bits per heavy atom. The van der Waals surface area contributed by atoms with E-state index in [9.17, 15) is 9.59 Å². The van der Waals surface area contributed by atoms with Crippen LogP contribution in [0.2, 0.25) is 0 Å². The van der Waals surface area contributed by atoms with Crippen molar-refractivity contribution in [1.82, 2.24) is 4.90 Å². The van der Waals surface area contributed by atoms with Crippen molar-refractivity contribution < 1.29 is 14.3 Å². The molecule has 4 heteroatoms. The second-order valence-corrected chi connectivity index (χ2v) is 8.94. The second kappa shape index (κ2) is 20.9. The Morgan fingerprint density at radius 3 is 1.50 bits per heavy atom. The molecule has 0 aromatic carbocycles. The van der Waals surface area contributed by atoms with Gasteiger partial charge in [0.2, 0.25) is 5.91 Å². The van der Waals surface area contributed by atoms with Crippen molar-refractivity contribution in [2.24, 2.45) is 0 Å². The summed E-state index contributed by atoms with van der Waals surface area (Å²) in [6, 6.07) is 0. The molecule has 0 unspecified atom stereocenters. The van der Waals surface area contributed by atoms with Gasteiger partial charge in [-0.1, -0.05) is 109 Å². The number of likely N-dealkylation sites (N-methyl/N-ethyl adjacent to an activating group) is 1. The molecular weight excluding hydrogens is 374 g/mol. The minimum Gasteiger partial charge on any atom is -0.464 e. The van der Waals surface area contributed by atoms with Gasteiger partial charge < -0.3 is 9.64 Å². The molecule has 0 saturated carbocycles. The monoisotopic (exact) mass is 423 g/mol. The molecule has 0 spiro atoms. The first-order valence-corrected chi connectivity index (χ1v) is 12.5. The van der Waals surface area contributed by atoms with Crippen molar-refractivity contribution in [1.29, 1.82) is 0 Å². The van der Waals surface area contributed by atoms with E-state index >= 15 is 0 Å². The third-order valence-electron chi connectivity index (χ3n) is 5.42. The van der Waals surface area contributed by atoms with Crippen LogP contribution in [-0.4, -0.2) is 37.0 Å². The lowest BCUT2D eigenvalue weighted by atomic mass is 10.0. The van der Waals surface area contributed by atoms with E-state index < -0.39 is 0 Å². The number of ether oxygens (including phenoxy) is 1. The van der Waals surface area contributed by atoms with Gasteiger partial charge in [0, 0.05) is 13.1 Å². The minimum absolute atomic E-state index is 0.0153. The molecule has 0 rings (SSSR count). The van der Waals surface area contributed by atoms with Gasteiger partial charge in [-0.25, -0.2) is 0 Å². The zero-order valence-corrected chi connectivity index (χ0v) is 20.5. The van der Waals surface area contributed by atoms with Crippen LogP contribution in [0.3, 0.4) is 0 Å². The first-order valence-electron chi connectivity index (χ1n) is 12.5. The maximum atomic E-state index is 11.8. The first kappa shape index (κ1) is 28.7. The van der Waals surface area contributed by atoms with Crippen molar-refractivity contribution >= 4 is 11.9 Å². The number of hydrogen-bond acceptors (Lipinski definition) is 3. The fraction of sp³-hybridized carbons (Fsp3) is 0.846. The maximum absolute atomic E-state index is 11.8. The fourth-order valence-electron chi connectivity index (χ4n) is 3.51. The lowest BCUT2D eigenvalue weighted by Crippen LogP contribution is -2.32. The van der Waals surface area contributed by atoms with E-state index in [0.29, 0.717) is 6.61 Å². The number of hydrogen-bond donors (Lipinski definition) is 0. The molecular formula is C26H49NO3.